The SMILES string of the molecule is CCc1nc2ccc3n[nH]c(=O)n3c2nc1CC. The zero-order valence-corrected chi connectivity index (χ0v) is 10.3. The van der Waals surface area contributed by atoms with Gasteiger partial charge in [-0.25, -0.2) is 24.3 Å². The van der Waals surface area contributed by atoms with Gasteiger partial charge in [0.25, 0.3) is 0 Å². The van der Waals surface area contributed by atoms with Crippen molar-refractivity contribution in [2.75, 3.05) is 0 Å². The zero-order chi connectivity index (χ0) is 12.7. The van der Waals surface area contributed by atoms with Crippen LogP contribution in [-0.2, 0) is 12.8 Å². The number of H-pyrrole nitrogens is 1. The van der Waals surface area contributed by atoms with Crippen LogP contribution >= 0.6 is 0 Å². The van der Waals surface area contributed by atoms with Gasteiger partial charge in [0.05, 0.1) is 11.4 Å². The lowest BCUT2D eigenvalue weighted by atomic mass is 10.2. The number of aromatic nitrogens is 5. The molecule has 0 atom stereocenters. The molecule has 0 aromatic carbocycles. The van der Waals surface area contributed by atoms with Crippen molar-refractivity contribution >= 4 is 16.8 Å². The third-order valence-corrected chi connectivity index (χ3v) is 3.03. The van der Waals surface area contributed by atoms with Gasteiger partial charge in [0.15, 0.2) is 11.3 Å². The summed E-state index contributed by atoms with van der Waals surface area (Å²) >= 11 is 0. The van der Waals surface area contributed by atoms with Gasteiger partial charge >= 0.3 is 5.69 Å². The number of aromatic amines is 1. The van der Waals surface area contributed by atoms with Crippen LogP contribution < -0.4 is 5.69 Å². The van der Waals surface area contributed by atoms with Gasteiger partial charge in [-0.15, -0.1) is 0 Å². The van der Waals surface area contributed by atoms with Crippen molar-refractivity contribution in [2.24, 2.45) is 0 Å². The Hall–Kier alpha value is -2.24. The largest absolute Gasteiger partial charge is 0.349 e. The van der Waals surface area contributed by atoms with Crippen molar-refractivity contribution in [3.8, 4) is 0 Å². The van der Waals surface area contributed by atoms with Crippen LogP contribution in [0.25, 0.3) is 16.8 Å². The van der Waals surface area contributed by atoms with Gasteiger partial charge < -0.3 is 0 Å². The first-order chi connectivity index (χ1) is 8.74. The summed E-state index contributed by atoms with van der Waals surface area (Å²) in [5, 5.41) is 6.35. The molecule has 6 nitrogen and oxygen atoms in total. The van der Waals surface area contributed by atoms with Crippen molar-refractivity contribution in [3.05, 3.63) is 34.0 Å². The van der Waals surface area contributed by atoms with Crippen LogP contribution in [0.3, 0.4) is 0 Å². The lowest BCUT2D eigenvalue weighted by molar-refractivity contribution is 0.915. The minimum Gasteiger partial charge on any atom is -0.248 e. The fourth-order valence-corrected chi connectivity index (χ4v) is 2.13. The molecule has 0 fully saturated rings. The number of hydrogen-bond acceptors (Lipinski definition) is 4. The van der Waals surface area contributed by atoms with Crippen LogP contribution in [0.5, 0.6) is 0 Å². The molecule has 0 unspecified atom stereocenters. The Morgan fingerprint density at radius 2 is 1.89 bits per heavy atom. The molecule has 0 spiro atoms. The molecule has 1 N–H and O–H groups in total. The average molecular weight is 243 g/mol. The Labute approximate surface area is 103 Å². The molecule has 3 aromatic heterocycles. The Balaban J connectivity index is 2.50. The highest BCUT2D eigenvalue weighted by atomic mass is 16.1. The average Bonchev–Trinajstić information content (AvgIpc) is 2.79. The van der Waals surface area contributed by atoms with Crippen LogP contribution in [0.15, 0.2) is 16.9 Å². The number of rotatable bonds is 2. The van der Waals surface area contributed by atoms with E-state index in [1.54, 1.807) is 6.07 Å². The van der Waals surface area contributed by atoms with E-state index in [1.165, 1.54) is 4.40 Å². The highest BCUT2D eigenvalue weighted by Crippen LogP contribution is 2.14. The molecule has 0 bridgehead atoms. The molecule has 0 saturated carbocycles. The molecule has 3 rings (SSSR count). The smallest absolute Gasteiger partial charge is 0.248 e. The third kappa shape index (κ3) is 1.42. The second-order valence-electron chi connectivity index (χ2n) is 4.09. The summed E-state index contributed by atoms with van der Waals surface area (Å²) in [5.41, 5.74) is 3.50. The lowest BCUT2D eigenvalue weighted by Crippen LogP contribution is -2.12. The van der Waals surface area contributed by atoms with Crippen LogP contribution in [0.1, 0.15) is 25.2 Å². The molecule has 3 aromatic rings. The quantitative estimate of drug-likeness (QED) is 0.731. The highest BCUT2D eigenvalue weighted by Gasteiger charge is 2.10. The van der Waals surface area contributed by atoms with Gasteiger partial charge in [0.1, 0.15) is 5.52 Å². The first-order valence-electron chi connectivity index (χ1n) is 6.00. The maximum absolute atomic E-state index is 11.7. The topological polar surface area (TPSA) is 75.9 Å². The first-order valence-corrected chi connectivity index (χ1v) is 6.00. The Bertz CT molecular complexity index is 786. The standard InChI is InChI=1S/C12H13N5O/c1-3-7-8(4-2)14-11-9(13-7)5-6-10-15-16-12(18)17(10)11/h5-6H,3-4H2,1-2H3,(H,16,18). The molecule has 0 saturated heterocycles. The Morgan fingerprint density at radius 1 is 1.17 bits per heavy atom. The zero-order valence-electron chi connectivity index (χ0n) is 10.3. The summed E-state index contributed by atoms with van der Waals surface area (Å²) in [6.45, 7) is 4.09. The predicted octanol–water partition coefficient (Wildman–Crippen LogP) is 1.09. The summed E-state index contributed by atoms with van der Waals surface area (Å²) in [4.78, 5) is 20.9. The summed E-state index contributed by atoms with van der Waals surface area (Å²) in [7, 11) is 0. The van der Waals surface area contributed by atoms with Gasteiger partial charge in [0.2, 0.25) is 0 Å². The lowest BCUT2D eigenvalue weighted by Gasteiger charge is -2.06. The van der Waals surface area contributed by atoms with Gasteiger partial charge in [0, 0.05) is 0 Å². The number of hydrogen-bond donors (Lipinski definition) is 1. The molecule has 0 aliphatic heterocycles. The van der Waals surface area contributed by atoms with Crippen molar-refractivity contribution in [1.29, 1.82) is 0 Å². The van der Waals surface area contributed by atoms with Crippen molar-refractivity contribution < 1.29 is 0 Å². The summed E-state index contributed by atoms with van der Waals surface area (Å²) in [6, 6.07) is 3.61. The molecule has 0 aliphatic rings. The van der Waals surface area contributed by atoms with E-state index in [9.17, 15) is 4.79 Å². The molecular formula is C12H13N5O. The fraction of sp³-hybridized carbons (Fsp3) is 0.333. The summed E-state index contributed by atoms with van der Waals surface area (Å²) in [6.07, 6.45) is 1.64. The van der Waals surface area contributed by atoms with E-state index in [0.29, 0.717) is 11.3 Å². The second kappa shape index (κ2) is 3.90. The van der Waals surface area contributed by atoms with Gasteiger partial charge in [-0.1, -0.05) is 13.8 Å². The van der Waals surface area contributed by atoms with Crippen LogP contribution in [0, 0.1) is 0 Å². The molecule has 6 heteroatoms. The van der Waals surface area contributed by atoms with E-state index in [-0.39, 0.29) is 5.69 Å². The molecule has 0 radical (unpaired) electrons. The van der Waals surface area contributed by atoms with Crippen LogP contribution in [0.4, 0.5) is 0 Å². The minimum atomic E-state index is -0.281. The normalized spacial score (nSPS) is 11.4. The maximum atomic E-state index is 11.7. The fourth-order valence-electron chi connectivity index (χ4n) is 2.13. The predicted molar refractivity (Wildman–Crippen MR) is 67.7 cm³/mol. The number of aryl methyl sites for hydroxylation is 2. The van der Waals surface area contributed by atoms with Crippen molar-refractivity contribution in [2.45, 2.75) is 26.7 Å². The Morgan fingerprint density at radius 3 is 2.61 bits per heavy atom. The monoisotopic (exact) mass is 243 g/mol. The summed E-state index contributed by atoms with van der Waals surface area (Å²) in [5.74, 6) is 0. The Kier molecular flexibility index (Phi) is 2.36. The molecule has 3 heterocycles. The van der Waals surface area contributed by atoms with Crippen LogP contribution in [-0.4, -0.2) is 24.6 Å². The van der Waals surface area contributed by atoms with E-state index in [4.69, 9.17) is 0 Å². The van der Waals surface area contributed by atoms with E-state index >= 15 is 0 Å². The minimum absolute atomic E-state index is 0.281. The van der Waals surface area contributed by atoms with Crippen LogP contribution in [0.2, 0.25) is 0 Å². The van der Waals surface area contributed by atoms with E-state index in [1.807, 2.05) is 13.0 Å². The second-order valence-corrected chi connectivity index (χ2v) is 4.09. The number of nitrogens with one attached hydrogen (secondary N) is 1. The van der Waals surface area contributed by atoms with Crippen molar-refractivity contribution in [1.82, 2.24) is 24.6 Å². The van der Waals surface area contributed by atoms with E-state index in [2.05, 4.69) is 27.1 Å². The number of pyridine rings is 1. The number of nitrogens with zero attached hydrogens (tertiary/aromatic N) is 4. The first kappa shape index (κ1) is 10.9. The molecule has 0 aliphatic carbocycles. The van der Waals surface area contributed by atoms with Crippen molar-refractivity contribution in [3.63, 3.8) is 0 Å². The molecule has 0 amide bonds. The summed E-state index contributed by atoms with van der Waals surface area (Å²) < 4.78 is 1.46. The molecule has 92 valence electrons. The van der Waals surface area contributed by atoms with E-state index in [0.717, 1.165) is 29.7 Å². The van der Waals surface area contributed by atoms with Gasteiger partial charge in [-0.3, -0.25) is 0 Å². The number of fused-ring (bicyclic) bond motifs is 3. The third-order valence-electron chi connectivity index (χ3n) is 3.03. The molecule has 18 heavy (non-hydrogen) atoms. The van der Waals surface area contributed by atoms with Gasteiger partial charge in [-0.05, 0) is 25.0 Å². The van der Waals surface area contributed by atoms with E-state index < -0.39 is 0 Å². The molecular weight excluding hydrogens is 230 g/mol. The van der Waals surface area contributed by atoms with Gasteiger partial charge in [-0.2, -0.15) is 5.10 Å². The highest BCUT2D eigenvalue weighted by molar-refractivity contribution is 5.74. The maximum Gasteiger partial charge on any atom is 0.349 e.